The van der Waals surface area contributed by atoms with Crippen LogP contribution in [0.3, 0.4) is 0 Å². The molecule has 1 saturated carbocycles. The van der Waals surface area contributed by atoms with E-state index < -0.39 is 5.41 Å². The lowest BCUT2D eigenvalue weighted by Gasteiger charge is -2.28. The van der Waals surface area contributed by atoms with Gasteiger partial charge in [-0.2, -0.15) is 5.26 Å². The molecule has 2 heterocycles. The third-order valence-electron chi connectivity index (χ3n) is 5.86. The van der Waals surface area contributed by atoms with Gasteiger partial charge in [0.2, 0.25) is 5.91 Å². The zero-order valence-electron chi connectivity index (χ0n) is 15.2. The van der Waals surface area contributed by atoms with Crippen LogP contribution in [-0.2, 0) is 4.79 Å². The van der Waals surface area contributed by atoms with Crippen LogP contribution >= 0.6 is 0 Å². The summed E-state index contributed by atoms with van der Waals surface area (Å²) >= 11 is 0. The molecule has 5 nitrogen and oxygen atoms in total. The molecule has 1 aliphatic carbocycles. The fourth-order valence-corrected chi connectivity index (χ4v) is 4.02. The SMILES string of the molecule is CC1(C)C(=O)N(C2CCCCCC2)CC1COc1ccncc1C#N. The minimum Gasteiger partial charge on any atom is -0.492 e. The molecule has 1 aliphatic heterocycles. The Morgan fingerprint density at radius 2 is 2.04 bits per heavy atom. The molecule has 1 unspecified atom stereocenters. The number of carbonyl (C=O) groups excluding carboxylic acids is 1. The largest absolute Gasteiger partial charge is 0.492 e. The highest BCUT2D eigenvalue weighted by molar-refractivity contribution is 5.85. The van der Waals surface area contributed by atoms with E-state index in [1.807, 2.05) is 13.8 Å². The van der Waals surface area contributed by atoms with E-state index in [0.29, 0.717) is 24.0 Å². The van der Waals surface area contributed by atoms with Gasteiger partial charge in [-0.1, -0.05) is 39.5 Å². The number of nitriles is 1. The van der Waals surface area contributed by atoms with Crippen LogP contribution in [0.5, 0.6) is 5.75 Å². The minimum absolute atomic E-state index is 0.128. The first-order chi connectivity index (χ1) is 12.0. The molecule has 5 heteroatoms. The Labute approximate surface area is 150 Å². The Balaban J connectivity index is 1.69. The van der Waals surface area contributed by atoms with Crippen molar-refractivity contribution < 1.29 is 9.53 Å². The predicted molar refractivity (Wildman–Crippen MR) is 94.9 cm³/mol. The average molecular weight is 341 g/mol. The van der Waals surface area contributed by atoms with Crippen molar-refractivity contribution in [2.45, 2.75) is 58.4 Å². The second-order valence-electron chi connectivity index (χ2n) is 7.82. The number of aromatic nitrogens is 1. The molecule has 1 aromatic rings. The number of ether oxygens (including phenoxy) is 1. The third kappa shape index (κ3) is 3.63. The molecule has 0 bridgehead atoms. The average Bonchev–Trinajstić information content (AvgIpc) is 2.82. The summed E-state index contributed by atoms with van der Waals surface area (Å²) < 4.78 is 5.91. The van der Waals surface area contributed by atoms with Crippen LogP contribution in [0.25, 0.3) is 0 Å². The Morgan fingerprint density at radius 3 is 2.72 bits per heavy atom. The van der Waals surface area contributed by atoms with Gasteiger partial charge in [0, 0.05) is 30.9 Å². The molecule has 0 N–H and O–H groups in total. The Bertz CT molecular complexity index is 657. The molecule has 134 valence electrons. The zero-order chi connectivity index (χ0) is 17.9. The second kappa shape index (κ2) is 7.43. The fraction of sp³-hybridized carbons (Fsp3) is 0.650. The van der Waals surface area contributed by atoms with E-state index in [0.717, 1.165) is 19.4 Å². The Hall–Kier alpha value is -2.09. The Morgan fingerprint density at radius 1 is 1.32 bits per heavy atom. The summed E-state index contributed by atoms with van der Waals surface area (Å²) in [5.74, 6) is 0.930. The van der Waals surface area contributed by atoms with Gasteiger partial charge in [0.05, 0.1) is 12.0 Å². The van der Waals surface area contributed by atoms with Crippen molar-refractivity contribution in [2.24, 2.45) is 11.3 Å². The van der Waals surface area contributed by atoms with Crippen LogP contribution in [-0.4, -0.2) is 35.0 Å². The number of rotatable bonds is 4. The summed E-state index contributed by atoms with van der Waals surface area (Å²) in [7, 11) is 0. The van der Waals surface area contributed by atoms with Crippen LogP contribution < -0.4 is 4.74 Å². The van der Waals surface area contributed by atoms with Gasteiger partial charge in [-0.3, -0.25) is 9.78 Å². The smallest absolute Gasteiger partial charge is 0.228 e. The van der Waals surface area contributed by atoms with Gasteiger partial charge in [0.15, 0.2) is 0 Å². The highest BCUT2D eigenvalue weighted by Gasteiger charge is 2.49. The second-order valence-corrected chi connectivity index (χ2v) is 7.82. The van der Waals surface area contributed by atoms with E-state index in [1.165, 1.54) is 31.9 Å². The summed E-state index contributed by atoms with van der Waals surface area (Å²) in [6, 6.07) is 4.20. The lowest BCUT2D eigenvalue weighted by molar-refractivity contribution is -0.137. The maximum absolute atomic E-state index is 13.0. The number of hydrogen-bond acceptors (Lipinski definition) is 4. The minimum atomic E-state index is -0.424. The van der Waals surface area contributed by atoms with Gasteiger partial charge in [0.1, 0.15) is 17.4 Å². The number of hydrogen-bond donors (Lipinski definition) is 0. The third-order valence-corrected chi connectivity index (χ3v) is 5.86. The summed E-state index contributed by atoms with van der Waals surface area (Å²) in [4.78, 5) is 19.1. The fourth-order valence-electron chi connectivity index (χ4n) is 4.02. The molecule has 0 aromatic carbocycles. The first kappa shape index (κ1) is 17.7. The summed E-state index contributed by atoms with van der Waals surface area (Å²) in [6.45, 7) is 5.25. The van der Waals surface area contributed by atoms with Gasteiger partial charge in [0.25, 0.3) is 0 Å². The lowest BCUT2D eigenvalue weighted by atomic mass is 9.82. The maximum Gasteiger partial charge on any atom is 0.228 e. The van der Waals surface area contributed by atoms with Crippen LogP contribution in [0, 0.1) is 22.7 Å². The number of pyridine rings is 1. The van der Waals surface area contributed by atoms with Crippen LogP contribution in [0.2, 0.25) is 0 Å². The molecule has 2 fully saturated rings. The van der Waals surface area contributed by atoms with E-state index in [-0.39, 0.29) is 11.8 Å². The van der Waals surface area contributed by atoms with Crippen LogP contribution in [0.1, 0.15) is 57.9 Å². The number of amides is 1. The van der Waals surface area contributed by atoms with Crippen LogP contribution in [0.4, 0.5) is 0 Å². The topological polar surface area (TPSA) is 66.2 Å². The van der Waals surface area contributed by atoms with Gasteiger partial charge >= 0.3 is 0 Å². The highest BCUT2D eigenvalue weighted by Crippen LogP contribution is 2.40. The predicted octanol–water partition coefficient (Wildman–Crippen LogP) is 3.54. The molecular weight excluding hydrogens is 314 g/mol. The van der Waals surface area contributed by atoms with Gasteiger partial charge in [-0.05, 0) is 18.9 Å². The van der Waals surface area contributed by atoms with Crippen LogP contribution in [0.15, 0.2) is 18.5 Å². The monoisotopic (exact) mass is 341 g/mol. The highest BCUT2D eigenvalue weighted by atomic mass is 16.5. The quantitative estimate of drug-likeness (QED) is 0.786. The number of carbonyl (C=O) groups is 1. The lowest BCUT2D eigenvalue weighted by Crippen LogP contribution is -2.39. The first-order valence-electron chi connectivity index (χ1n) is 9.32. The van der Waals surface area contributed by atoms with Crippen molar-refractivity contribution in [3.05, 3.63) is 24.0 Å². The summed E-state index contributed by atoms with van der Waals surface area (Å²) in [5.41, 5.74) is 0.0110. The van der Waals surface area contributed by atoms with Crippen molar-refractivity contribution in [3.63, 3.8) is 0 Å². The van der Waals surface area contributed by atoms with Gasteiger partial charge in [-0.25, -0.2) is 0 Å². The summed E-state index contributed by atoms with van der Waals surface area (Å²) in [5, 5.41) is 9.16. The molecule has 1 aromatic heterocycles. The van der Waals surface area contributed by atoms with E-state index in [2.05, 4.69) is 16.0 Å². The molecule has 25 heavy (non-hydrogen) atoms. The van der Waals surface area contributed by atoms with Crippen molar-refractivity contribution in [3.8, 4) is 11.8 Å². The van der Waals surface area contributed by atoms with Gasteiger partial charge < -0.3 is 9.64 Å². The molecule has 3 rings (SSSR count). The van der Waals surface area contributed by atoms with Crippen molar-refractivity contribution in [2.75, 3.05) is 13.2 Å². The standard InChI is InChI=1S/C20H27N3O2/c1-20(2)16(14-25-18-9-10-22-12-15(18)11-21)13-23(19(20)24)17-7-5-3-4-6-8-17/h9-10,12,16-17H,3-8,13-14H2,1-2H3. The zero-order valence-corrected chi connectivity index (χ0v) is 15.2. The van der Waals surface area contributed by atoms with Crippen molar-refractivity contribution in [1.29, 1.82) is 5.26 Å². The maximum atomic E-state index is 13.0. The van der Waals surface area contributed by atoms with E-state index >= 15 is 0 Å². The van der Waals surface area contributed by atoms with E-state index in [9.17, 15) is 4.79 Å². The first-order valence-corrected chi connectivity index (χ1v) is 9.32. The van der Waals surface area contributed by atoms with E-state index in [4.69, 9.17) is 10.00 Å². The molecule has 0 spiro atoms. The van der Waals surface area contributed by atoms with Crippen molar-refractivity contribution >= 4 is 5.91 Å². The summed E-state index contributed by atoms with van der Waals surface area (Å²) in [6.07, 6.45) is 10.4. The van der Waals surface area contributed by atoms with E-state index in [1.54, 1.807) is 12.3 Å². The van der Waals surface area contributed by atoms with Gasteiger partial charge in [-0.15, -0.1) is 0 Å². The normalized spacial score (nSPS) is 24.0. The molecule has 2 aliphatic rings. The molecule has 1 amide bonds. The molecule has 1 atom stereocenters. The number of nitrogens with zero attached hydrogens (tertiary/aromatic N) is 3. The molecule has 0 radical (unpaired) electrons. The Kier molecular flexibility index (Phi) is 5.27. The molecule has 1 saturated heterocycles. The van der Waals surface area contributed by atoms with Crippen molar-refractivity contribution in [1.82, 2.24) is 9.88 Å². The molecular formula is C20H27N3O2. The number of likely N-dealkylation sites (tertiary alicyclic amines) is 1.